The maximum absolute atomic E-state index is 5.33. The molecule has 0 aliphatic carbocycles. The summed E-state index contributed by atoms with van der Waals surface area (Å²) in [5.74, 6) is 0.976. The zero-order valence-electron chi connectivity index (χ0n) is 9.10. The molecule has 1 atom stereocenters. The summed E-state index contributed by atoms with van der Waals surface area (Å²) in [6.45, 7) is 2.95. The Morgan fingerprint density at radius 3 is 2.87 bits per heavy atom. The topological polar surface area (TPSA) is 30.1 Å². The van der Waals surface area contributed by atoms with Gasteiger partial charge in [0.25, 0.3) is 0 Å². The number of rotatable bonds is 4. The van der Waals surface area contributed by atoms with Crippen LogP contribution in [0.3, 0.4) is 0 Å². The first kappa shape index (κ1) is 10.1. The lowest BCUT2D eigenvalue weighted by atomic mass is 10.2. The van der Waals surface area contributed by atoms with Crippen molar-refractivity contribution in [3.63, 3.8) is 0 Å². The van der Waals surface area contributed by atoms with Crippen LogP contribution >= 0.6 is 0 Å². The summed E-state index contributed by atoms with van der Waals surface area (Å²) in [6.07, 6.45) is 3.75. The van der Waals surface area contributed by atoms with Crippen molar-refractivity contribution in [2.24, 2.45) is 7.05 Å². The summed E-state index contributed by atoms with van der Waals surface area (Å²) < 4.78 is 7.44. The Labute approximate surface area is 89.7 Å². The summed E-state index contributed by atoms with van der Waals surface area (Å²) in [7, 11) is 2.05. The number of furan rings is 1. The SMILES string of the molecule is C[C@H](NCc1cccn1C)c1ccco1. The summed E-state index contributed by atoms with van der Waals surface area (Å²) in [5.41, 5.74) is 1.27. The zero-order chi connectivity index (χ0) is 10.7. The molecule has 0 bridgehead atoms. The van der Waals surface area contributed by atoms with Crippen molar-refractivity contribution in [3.8, 4) is 0 Å². The first-order valence-electron chi connectivity index (χ1n) is 5.14. The highest BCUT2D eigenvalue weighted by atomic mass is 16.3. The number of nitrogens with one attached hydrogen (secondary N) is 1. The quantitative estimate of drug-likeness (QED) is 0.829. The first-order chi connectivity index (χ1) is 7.27. The van der Waals surface area contributed by atoms with E-state index in [0.717, 1.165) is 12.3 Å². The van der Waals surface area contributed by atoms with E-state index >= 15 is 0 Å². The van der Waals surface area contributed by atoms with Crippen molar-refractivity contribution in [1.29, 1.82) is 0 Å². The van der Waals surface area contributed by atoms with Crippen LogP contribution in [0.4, 0.5) is 0 Å². The molecule has 0 saturated carbocycles. The molecule has 0 fully saturated rings. The van der Waals surface area contributed by atoms with Gasteiger partial charge in [-0.2, -0.15) is 0 Å². The van der Waals surface area contributed by atoms with E-state index in [4.69, 9.17) is 4.42 Å². The maximum atomic E-state index is 5.33. The fourth-order valence-electron chi connectivity index (χ4n) is 1.58. The third-order valence-electron chi connectivity index (χ3n) is 2.61. The average molecular weight is 204 g/mol. The Balaban J connectivity index is 1.91. The Morgan fingerprint density at radius 1 is 1.40 bits per heavy atom. The van der Waals surface area contributed by atoms with Crippen molar-refractivity contribution in [2.45, 2.75) is 19.5 Å². The Hall–Kier alpha value is -1.48. The predicted octanol–water partition coefficient (Wildman–Crippen LogP) is 2.47. The minimum atomic E-state index is 0.245. The van der Waals surface area contributed by atoms with Crippen molar-refractivity contribution < 1.29 is 4.42 Å². The lowest BCUT2D eigenvalue weighted by Gasteiger charge is -2.11. The number of aryl methyl sites for hydroxylation is 1. The molecule has 2 aromatic rings. The van der Waals surface area contributed by atoms with E-state index in [1.807, 2.05) is 12.1 Å². The van der Waals surface area contributed by atoms with Crippen LogP contribution < -0.4 is 5.32 Å². The van der Waals surface area contributed by atoms with E-state index in [0.29, 0.717) is 0 Å². The van der Waals surface area contributed by atoms with Crippen LogP contribution in [0.2, 0.25) is 0 Å². The third-order valence-corrected chi connectivity index (χ3v) is 2.61. The van der Waals surface area contributed by atoms with Gasteiger partial charge in [0.2, 0.25) is 0 Å². The van der Waals surface area contributed by atoms with Crippen molar-refractivity contribution in [1.82, 2.24) is 9.88 Å². The van der Waals surface area contributed by atoms with Crippen LogP contribution in [-0.4, -0.2) is 4.57 Å². The Morgan fingerprint density at radius 2 is 2.27 bits per heavy atom. The van der Waals surface area contributed by atoms with Crippen LogP contribution in [-0.2, 0) is 13.6 Å². The number of aromatic nitrogens is 1. The van der Waals surface area contributed by atoms with Gasteiger partial charge in [-0.25, -0.2) is 0 Å². The second-order valence-corrected chi connectivity index (χ2v) is 3.73. The molecule has 3 heteroatoms. The maximum Gasteiger partial charge on any atom is 0.120 e. The van der Waals surface area contributed by atoms with E-state index in [9.17, 15) is 0 Å². The molecule has 2 aromatic heterocycles. The summed E-state index contributed by atoms with van der Waals surface area (Å²) in [4.78, 5) is 0. The third kappa shape index (κ3) is 2.30. The van der Waals surface area contributed by atoms with Gasteiger partial charge in [0.05, 0.1) is 12.3 Å². The molecule has 0 aromatic carbocycles. The van der Waals surface area contributed by atoms with Gasteiger partial charge in [-0.15, -0.1) is 0 Å². The van der Waals surface area contributed by atoms with Crippen LogP contribution in [0.1, 0.15) is 24.4 Å². The van der Waals surface area contributed by atoms with Gasteiger partial charge in [0.15, 0.2) is 0 Å². The average Bonchev–Trinajstić information content (AvgIpc) is 2.85. The smallest absolute Gasteiger partial charge is 0.120 e. The van der Waals surface area contributed by atoms with Crippen molar-refractivity contribution in [3.05, 3.63) is 48.2 Å². The van der Waals surface area contributed by atoms with Crippen LogP contribution in [0.5, 0.6) is 0 Å². The highest BCUT2D eigenvalue weighted by molar-refractivity contribution is 5.08. The van der Waals surface area contributed by atoms with Crippen LogP contribution in [0.25, 0.3) is 0 Å². The van der Waals surface area contributed by atoms with Gasteiger partial charge < -0.3 is 14.3 Å². The Bertz CT molecular complexity index is 403. The molecule has 0 spiro atoms. The molecular weight excluding hydrogens is 188 g/mol. The summed E-state index contributed by atoms with van der Waals surface area (Å²) in [5, 5.41) is 3.41. The molecule has 2 rings (SSSR count). The molecule has 0 radical (unpaired) electrons. The van der Waals surface area contributed by atoms with Crippen molar-refractivity contribution in [2.75, 3.05) is 0 Å². The van der Waals surface area contributed by atoms with E-state index < -0.39 is 0 Å². The zero-order valence-corrected chi connectivity index (χ0v) is 9.10. The largest absolute Gasteiger partial charge is 0.468 e. The highest BCUT2D eigenvalue weighted by Gasteiger charge is 2.07. The molecule has 2 heterocycles. The van der Waals surface area contributed by atoms with Gasteiger partial charge in [-0.05, 0) is 31.2 Å². The monoisotopic (exact) mass is 204 g/mol. The number of nitrogens with zero attached hydrogens (tertiary/aromatic N) is 1. The minimum absolute atomic E-state index is 0.245. The van der Waals surface area contributed by atoms with Crippen molar-refractivity contribution >= 4 is 0 Å². The molecule has 15 heavy (non-hydrogen) atoms. The molecule has 0 saturated heterocycles. The lowest BCUT2D eigenvalue weighted by Crippen LogP contribution is -2.18. The molecule has 3 nitrogen and oxygen atoms in total. The van der Waals surface area contributed by atoms with E-state index in [2.05, 4.69) is 42.2 Å². The molecule has 80 valence electrons. The molecular formula is C12H16N2O. The molecule has 1 N–H and O–H groups in total. The lowest BCUT2D eigenvalue weighted by molar-refractivity contribution is 0.427. The molecule has 0 aliphatic heterocycles. The van der Waals surface area contributed by atoms with Crippen LogP contribution in [0, 0.1) is 0 Å². The highest BCUT2D eigenvalue weighted by Crippen LogP contribution is 2.13. The summed E-state index contributed by atoms with van der Waals surface area (Å²) >= 11 is 0. The second-order valence-electron chi connectivity index (χ2n) is 3.73. The summed E-state index contributed by atoms with van der Waals surface area (Å²) in [6, 6.07) is 8.31. The van der Waals surface area contributed by atoms with Gasteiger partial charge in [-0.1, -0.05) is 0 Å². The number of hydrogen-bond acceptors (Lipinski definition) is 2. The van der Waals surface area contributed by atoms with Gasteiger partial charge in [0.1, 0.15) is 5.76 Å². The fourth-order valence-corrected chi connectivity index (χ4v) is 1.58. The number of hydrogen-bond donors (Lipinski definition) is 1. The van der Waals surface area contributed by atoms with Gasteiger partial charge >= 0.3 is 0 Å². The molecule has 0 unspecified atom stereocenters. The fraction of sp³-hybridized carbons (Fsp3) is 0.333. The predicted molar refractivity (Wildman–Crippen MR) is 59.4 cm³/mol. The molecule has 0 aliphatic rings. The minimum Gasteiger partial charge on any atom is -0.468 e. The second kappa shape index (κ2) is 4.36. The van der Waals surface area contributed by atoms with Gasteiger partial charge in [-0.3, -0.25) is 0 Å². The first-order valence-corrected chi connectivity index (χ1v) is 5.14. The van der Waals surface area contributed by atoms with E-state index in [-0.39, 0.29) is 6.04 Å². The van der Waals surface area contributed by atoms with E-state index in [1.165, 1.54) is 5.69 Å². The normalized spacial score (nSPS) is 12.9. The van der Waals surface area contributed by atoms with Crippen LogP contribution in [0.15, 0.2) is 41.1 Å². The van der Waals surface area contributed by atoms with Gasteiger partial charge in [0, 0.05) is 25.5 Å². The molecule has 0 amide bonds. The standard InChI is InChI=1S/C12H16N2O/c1-10(12-6-4-8-15-12)13-9-11-5-3-7-14(11)2/h3-8,10,13H,9H2,1-2H3/t10-/m0/s1. The van der Waals surface area contributed by atoms with E-state index in [1.54, 1.807) is 6.26 Å². The Kier molecular flexibility index (Phi) is 2.92.